The van der Waals surface area contributed by atoms with E-state index in [0.29, 0.717) is 0 Å². The molecule has 2 heterocycles. The second-order valence-electron chi connectivity index (χ2n) is 6.76. The van der Waals surface area contributed by atoms with Gasteiger partial charge in [0.2, 0.25) is 0 Å². The second-order valence-corrected chi connectivity index (χ2v) is 8.47. The molecular weight excluding hydrogens is 420 g/mol. The van der Waals surface area contributed by atoms with Crippen LogP contribution in [0.1, 0.15) is 32.1 Å². The van der Waals surface area contributed by atoms with Crippen molar-refractivity contribution in [3.8, 4) is 0 Å². The fourth-order valence-corrected chi connectivity index (χ4v) is 3.97. The Morgan fingerprint density at radius 3 is 2.77 bits per heavy atom. The Bertz CT molecular complexity index is 903. The van der Waals surface area contributed by atoms with E-state index in [4.69, 9.17) is 21.6 Å². The average Bonchev–Trinajstić information content (AvgIpc) is 3.03. The zero-order valence-electron chi connectivity index (χ0n) is 16.9. The summed E-state index contributed by atoms with van der Waals surface area (Å²) in [7, 11) is 2.83. The number of esters is 2. The smallest absolute Gasteiger partial charge is 0.419 e. The van der Waals surface area contributed by atoms with Crippen LogP contribution in [0.3, 0.4) is 0 Å². The maximum Gasteiger partial charge on any atom is 0.419 e. The number of nitrogens with zero attached hydrogens (tertiary/aromatic N) is 1. The first-order valence-corrected chi connectivity index (χ1v) is 10.7. The van der Waals surface area contributed by atoms with Gasteiger partial charge in [-0.25, -0.2) is 9.32 Å². The second kappa shape index (κ2) is 9.84. The van der Waals surface area contributed by atoms with E-state index in [1.807, 2.05) is 0 Å². The summed E-state index contributed by atoms with van der Waals surface area (Å²) in [5, 5.41) is 2.33. The quantitative estimate of drug-likeness (QED) is 0.273. The Morgan fingerprint density at radius 2 is 2.17 bits per heavy atom. The third-order valence-corrected chi connectivity index (χ3v) is 5.59. The predicted octanol–water partition coefficient (Wildman–Crippen LogP) is -1.56. The molecule has 12 nitrogen and oxygen atoms in total. The van der Waals surface area contributed by atoms with Crippen molar-refractivity contribution in [2.45, 2.75) is 51.7 Å². The van der Waals surface area contributed by atoms with Crippen molar-refractivity contribution in [2.24, 2.45) is 0 Å². The van der Waals surface area contributed by atoms with Gasteiger partial charge < -0.3 is 19.1 Å². The van der Waals surface area contributed by atoms with Gasteiger partial charge in [0.1, 0.15) is 38.8 Å². The molecule has 14 heteroatoms. The van der Waals surface area contributed by atoms with Crippen molar-refractivity contribution < 1.29 is 33.2 Å². The number of carbonyl (C=O) groups excluding carboxylic acids is 2. The average molecular weight is 443 g/mol. The normalized spacial score (nSPS) is 24.1. The summed E-state index contributed by atoms with van der Waals surface area (Å²) < 4.78 is 21.8. The molecule has 0 saturated carbocycles. The zero-order chi connectivity index (χ0) is 22.6. The van der Waals surface area contributed by atoms with Crippen LogP contribution in [0.4, 0.5) is 0 Å². The Kier molecular flexibility index (Phi) is 7.95. The summed E-state index contributed by atoms with van der Waals surface area (Å²) in [5.74, 6) is -1.28. The minimum Gasteiger partial charge on any atom is -0.656 e. The molecule has 2 rings (SSSR count). The molecule has 0 spiro atoms. The highest BCUT2D eigenvalue weighted by molar-refractivity contribution is 7.86. The number of carbonyl (C=O) groups is 2. The van der Waals surface area contributed by atoms with Gasteiger partial charge in [-0.15, -0.1) is 0 Å². The van der Waals surface area contributed by atoms with Crippen molar-refractivity contribution in [3.63, 3.8) is 0 Å². The molecule has 30 heavy (non-hydrogen) atoms. The van der Waals surface area contributed by atoms with Gasteiger partial charge in [0.15, 0.2) is 0 Å². The number of methoxy groups -OCH3 is 1. The van der Waals surface area contributed by atoms with Gasteiger partial charge >= 0.3 is 25.2 Å². The molecule has 2 radical (unpaired) electrons. The number of aromatic amines is 1. The maximum absolute atomic E-state index is 12.4. The topological polar surface area (TPSA) is 161 Å². The highest BCUT2D eigenvalue weighted by atomic mass is 31.2. The summed E-state index contributed by atoms with van der Waals surface area (Å²) >= 11 is 0. The van der Waals surface area contributed by atoms with E-state index in [9.17, 15) is 24.1 Å². The number of aryl methyl sites for hydroxylation is 1. The number of rotatable bonds is 8. The standard InChI is InChI=1S/C16H23BN3O9P/c1-8-6-20(16(24)18-14(8)22)13-5-11(28-10(3)21)12(29-13)7-27-30(17,25)19-9(2)15(23)26-4/h6,9,11-13H,5,7H2,1-4H3,(H,19,25)(H,18,22,24)/t9?,11-,12+,13+,30?/m0/s1. The number of H-pyrrole nitrogens is 1. The lowest BCUT2D eigenvalue weighted by molar-refractivity contribution is -0.194. The van der Waals surface area contributed by atoms with E-state index in [1.165, 1.54) is 34.1 Å². The number of nitrogens with one attached hydrogen (secondary N) is 2. The van der Waals surface area contributed by atoms with Crippen molar-refractivity contribution in [2.75, 3.05) is 13.7 Å². The fourth-order valence-electron chi connectivity index (χ4n) is 2.88. The molecule has 2 N–H and O–H groups in total. The zero-order valence-corrected chi connectivity index (χ0v) is 17.8. The van der Waals surface area contributed by atoms with Crippen LogP contribution in [0.2, 0.25) is 0 Å². The van der Waals surface area contributed by atoms with Crippen LogP contribution in [0.5, 0.6) is 0 Å². The van der Waals surface area contributed by atoms with Crippen LogP contribution in [0.25, 0.3) is 0 Å². The summed E-state index contributed by atoms with van der Waals surface area (Å²) in [6, 6.07) is -0.991. The Morgan fingerprint density at radius 1 is 1.50 bits per heavy atom. The van der Waals surface area contributed by atoms with Crippen molar-refractivity contribution >= 4 is 27.2 Å². The van der Waals surface area contributed by atoms with Crippen LogP contribution < -0.4 is 21.2 Å². The summed E-state index contributed by atoms with van der Waals surface area (Å²) in [6.45, 7) is 3.76. The first-order valence-electron chi connectivity index (χ1n) is 8.97. The monoisotopic (exact) mass is 443 g/mol. The predicted molar refractivity (Wildman–Crippen MR) is 103 cm³/mol. The molecule has 0 bridgehead atoms. The molecule has 164 valence electrons. The van der Waals surface area contributed by atoms with Gasteiger partial charge in [-0.1, -0.05) is 0 Å². The highest BCUT2D eigenvalue weighted by Gasteiger charge is 2.41. The Balaban J connectivity index is 2.12. The van der Waals surface area contributed by atoms with Crippen LogP contribution in [0, 0.1) is 6.92 Å². The van der Waals surface area contributed by atoms with Gasteiger partial charge in [-0.05, 0) is 13.8 Å². The summed E-state index contributed by atoms with van der Waals surface area (Å²) in [4.78, 5) is 61.1. The van der Waals surface area contributed by atoms with Crippen LogP contribution in [0.15, 0.2) is 15.8 Å². The SMILES string of the molecule is [B][P+]([O-])(NC(C)C(=O)OC)OC[C@H]1O[C@@H](n2cc(C)c(=O)[nH]c2=O)C[C@@H]1OC(C)=O. The van der Waals surface area contributed by atoms with E-state index in [-0.39, 0.29) is 18.6 Å². The third kappa shape index (κ3) is 6.23. The molecule has 0 aromatic carbocycles. The summed E-state index contributed by atoms with van der Waals surface area (Å²) in [5.41, 5.74) is -0.938. The Hall–Kier alpha value is -2.05. The van der Waals surface area contributed by atoms with E-state index < -0.39 is 55.4 Å². The minimum atomic E-state index is -3.93. The van der Waals surface area contributed by atoms with Crippen molar-refractivity contribution in [1.82, 2.24) is 14.6 Å². The minimum absolute atomic E-state index is 0.0832. The van der Waals surface area contributed by atoms with Crippen LogP contribution >= 0.6 is 7.75 Å². The van der Waals surface area contributed by atoms with Gasteiger partial charge in [-0.3, -0.25) is 23.9 Å². The van der Waals surface area contributed by atoms with E-state index >= 15 is 0 Å². The number of aromatic nitrogens is 2. The fraction of sp³-hybridized carbons (Fsp3) is 0.625. The third-order valence-electron chi connectivity index (χ3n) is 4.31. The number of hydrogen-bond donors (Lipinski definition) is 2. The molecule has 1 aliphatic heterocycles. The van der Waals surface area contributed by atoms with Crippen molar-refractivity contribution in [1.29, 1.82) is 0 Å². The number of hydrogen-bond acceptors (Lipinski definition) is 10. The largest absolute Gasteiger partial charge is 0.656 e. The van der Waals surface area contributed by atoms with Gasteiger partial charge in [-0.2, -0.15) is 5.09 Å². The van der Waals surface area contributed by atoms with E-state index in [0.717, 1.165) is 4.57 Å². The maximum atomic E-state index is 12.4. The lowest BCUT2D eigenvalue weighted by Crippen LogP contribution is -2.41. The lowest BCUT2D eigenvalue weighted by Gasteiger charge is -2.30. The molecule has 0 amide bonds. The molecule has 1 fully saturated rings. The molecular formula is C16H23BN3O9P. The molecule has 1 saturated heterocycles. The van der Waals surface area contributed by atoms with Gasteiger partial charge in [0.25, 0.3) is 5.56 Å². The highest BCUT2D eigenvalue weighted by Crippen LogP contribution is 2.43. The Labute approximate surface area is 173 Å². The molecule has 0 aliphatic carbocycles. The first-order chi connectivity index (χ1) is 13.9. The lowest BCUT2D eigenvalue weighted by atomic mass is 10.2. The molecule has 5 atom stereocenters. The van der Waals surface area contributed by atoms with E-state index in [1.54, 1.807) is 0 Å². The van der Waals surface area contributed by atoms with Crippen LogP contribution in [-0.4, -0.2) is 61.0 Å². The van der Waals surface area contributed by atoms with Crippen LogP contribution in [-0.2, 0) is 28.3 Å². The van der Waals surface area contributed by atoms with Crippen molar-refractivity contribution in [3.05, 3.63) is 32.6 Å². The molecule has 1 aromatic rings. The molecule has 1 aromatic heterocycles. The molecule has 2 unspecified atom stereocenters. The summed E-state index contributed by atoms with van der Waals surface area (Å²) in [6.07, 6.45) is -1.20. The first kappa shape index (κ1) is 24.2. The number of ether oxygens (including phenoxy) is 3. The van der Waals surface area contributed by atoms with Gasteiger partial charge in [0, 0.05) is 25.1 Å². The van der Waals surface area contributed by atoms with E-state index in [2.05, 4.69) is 14.8 Å². The van der Waals surface area contributed by atoms with Gasteiger partial charge in [0.05, 0.1) is 7.11 Å². The molecule has 1 aliphatic rings.